The van der Waals surface area contributed by atoms with Gasteiger partial charge in [-0.15, -0.1) is 0 Å². The summed E-state index contributed by atoms with van der Waals surface area (Å²) in [5.41, 5.74) is 0. The third kappa shape index (κ3) is 6.94. The van der Waals surface area contributed by atoms with E-state index in [0.717, 1.165) is 0 Å². The molecule has 0 saturated heterocycles. The van der Waals surface area contributed by atoms with E-state index in [0.29, 0.717) is 0 Å². The summed E-state index contributed by atoms with van der Waals surface area (Å²) in [6.45, 7) is 0. The molecule has 0 saturated carbocycles. The van der Waals surface area contributed by atoms with E-state index in [1.807, 2.05) is 0 Å². The molecule has 0 aliphatic heterocycles. The monoisotopic (exact) mass is 192 g/mol. The zero-order valence-electron chi connectivity index (χ0n) is 9.38. The standard InChI is InChI=1S/C14H24/c1-2-4-6-8-10-12-14-13-11-9-7-5-3-1/h1-4H,5-14H2/b3-1-,4-2+. The third-order valence-electron chi connectivity index (χ3n) is 2.87. The first-order valence-electron chi connectivity index (χ1n) is 6.32. The Morgan fingerprint density at radius 3 is 1.21 bits per heavy atom. The average molecular weight is 192 g/mol. The highest BCUT2D eigenvalue weighted by molar-refractivity contribution is 5.02. The minimum atomic E-state index is 1.27. The van der Waals surface area contributed by atoms with Crippen LogP contribution >= 0.6 is 0 Å². The Morgan fingerprint density at radius 1 is 0.429 bits per heavy atom. The first kappa shape index (κ1) is 11.6. The fourth-order valence-electron chi connectivity index (χ4n) is 1.93. The highest BCUT2D eigenvalue weighted by atomic mass is 14.0. The third-order valence-corrected chi connectivity index (χ3v) is 2.87. The highest BCUT2D eigenvalue weighted by Crippen LogP contribution is 2.11. The Hall–Kier alpha value is -0.520. The van der Waals surface area contributed by atoms with Crippen molar-refractivity contribution in [3.63, 3.8) is 0 Å². The van der Waals surface area contributed by atoms with Gasteiger partial charge < -0.3 is 0 Å². The van der Waals surface area contributed by atoms with E-state index in [9.17, 15) is 0 Å². The fourth-order valence-corrected chi connectivity index (χ4v) is 1.93. The lowest BCUT2D eigenvalue weighted by Crippen LogP contribution is -1.81. The van der Waals surface area contributed by atoms with Crippen molar-refractivity contribution in [2.45, 2.75) is 64.2 Å². The Labute approximate surface area is 89.1 Å². The number of hydrogen-bond donors (Lipinski definition) is 0. The summed E-state index contributed by atoms with van der Waals surface area (Å²) in [7, 11) is 0. The van der Waals surface area contributed by atoms with Crippen molar-refractivity contribution in [3.05, 3.63) is 24.3 Å². The van der Waals surface area contributed by atoms with Gasteiger partial charge in [0.25, 0.3) is 0 Å². The molecule has 0 fully saturated rings. The maximum atomic E-state index is 2.31. The smallest absolute Gasteiger partial charge is 0.0348 e. The van der Waals surface area contributed by atoms with Crippen LogP contribution in [-0.4, -0.2) is 0 Å². The predicted octanol–water partition coefficient (Wildman–Crippen LogP) is 5.01. The number of hydrogen-bond acceptors (Lipinski definition) is 0. The molecular weight excluding hydrogens is 168 g/mol. The van der Waals surface area contributed by atoms with Gasteiger partial charge in [-0.2, -0.15) is 0 Å². The molecule has 0 aromatic carbocycles. The van der Waals surface area contributed by atoms with Crippen LogP contribution in [0.2, 0.25) is 0 Å². The molecular formula is C14H24. The van der Waals surface area contributed by atoms with Crippen LogP contribution in [0.4, 0.5) is 0 Å². The molecule has 0 amide bonds. The van der Waals surface area contributed by atoms with Crippen LogP contribution in [0, 0.1) is 0 Å². The molecule has 0 unspecified atom stereocenters. The Kier molecular flexibility index (Phi) is 7.47. The van der Waals surface area contributed by atoms with Gasteiger partial charge in [-0.05, 0) is 25.7 Å². The van der Waals surface area contributed by atoms with E-state index in [-0.39, 0.29) is 0 Å². The van der Waals surface area contributed by atoms with Gasteiger partial charge in [0.15, 0.2) is 0 Å². The van der Waals surface area contributed by atoms with Crippen LogP contribution in [0.25, 0.3) is 0 Å². The summed E-state index contributed by atoms with van der Waals surface area (Å²) < 4.78 is 0. The molecule has 0 radical (unpaired) electrons. The second-order valence-corrected chi connectivity index (χ2v) is 4.26. The molecule has 0 spiro atoms. The summed E-state index contributed by atoms with van der Waals surface area (Å²) >= 11 is 0. The fraction of sp³-hybridized carbons (Fsp3) is 0.714. The lowest BCUT2D eigenvalue weighted by molar-refractivity contribution is 0.571. The maximum absolute atomic E-state index is 2.31. The summed E-state index contributed by atoms with van der Waals surface area (Å²) in [6.07, 6.45) is 23.0. The second-order valence-electron chi connectivity index (χ2n) is 4.26. The quantitative estimate of drug-likeness (QED) is 0.506. The van der Waals surface area contributed by atoms with Crippen LogP contribution in [0.15, 0.2) is 24.3 Å². The maximum Gasteiger partial charge on any atom is -0.0348 e. The molecule has 0 atom stereocenters. The second kappa shape index (κ2) is 9.05. The summed E-state index contributed by atoms with van der Waals surface area (Å²) in [6, 6.07) is 0. The van der Waals surface area contributed by atoms with Gasteiger partial charge in [-0.1, -0.05) is 62.8 Å². The lowest BCUT2D eigenvalue weighted by atomic mass is 10.1. The van der Waals surface area contributed by atoms with Crippen molar-refractivity contribution in [3.8, 4) is 0 Å². The van der Waals surface area contributed by atoms with E-state index in [4.69, 9.17) is 0 Å². The van der Waals surface area contributed by atoms with E-state index in [2.05, 4.69) is 24.3 Å². The van der Waals surface area contributed by atoms with Crippen LogP contribution in [-0.2, 0) is 0 Å². The minimum absolute atomic E-state index is 1.27. The first-order valence-corrected chi connectivity index (χ1v) is 6.32. The Bertz CT molecular complexity index is 145. The van der Waals surface area contributed by atoms with Gasteiger partial charge in [-0.25, -0.2) is 0 Å². The molecule has 0 aromatic heterocycles. The van der Waals surface area contributed by atoms with Crippen LogP contribution in [0.5, 0.6) is 0 Å². The van der Waals surface area contributed by atoms with Crippen molar-refractivity contribution >= 4 is 0 Å². The zero-order valence-corrected chi connectivity index (χ0v) is 9.38. The van der Waals surface area contributed by atoms with Crippen molar-refractivity contribution in [2.75, 3.05) is 0 Å². The van der Waals surface area contributed by atoms with Gasteiger partial charge in [-0.3, -0.25) is 0 Å². The normalized spacial score (nSPS) is 26.3. The largest absolute Gasteiger partial charge is 0.0845 e. The summed E-state index contributed by atoms with van der Waals surface area (Å²) in [4.78, 5) is 0. The minimum Gasteiger partial charge on any atom is -0.0845 e. The first-order chi connectivity index (χ1) is 7.00. The molecule has 0 heteroatoms. The van der Waals surface area contributed by atoms with Crippen molar-refractivity contribution in [1.29, 1.82) is 0 Å². The lowest BCUT2D eigenvalue weighted by Gasteiger charge is -2.01. The summed E-state index contributed by atoms with van der Waals surface area (Å²) in [5.74, 6) is 0. The summed E-state index contributed by atoms with van der Waals surface area (Å²) in [5, 5.41) is 0. The van der Waals surface area contributed by atoms with Crippen molar-refractivity contribution in [2.24, 2.45) is 0 Å². The highest BCUT2D eigenvalue weighted by Gasteiger charge is 1.91. The van der Waals surface area contributed by atoms with Gasteiger partial charge in [0, 0.05) is 0 Å². The predicted molar refractivity (Wildman–Crippen MR) is 64.5 cm³/mol. The van der Waals surface area contributed by atoms with E-state index < -0.39 is 0 Å². The van der Waals surface area contributed by atoms with E-state index in [1.54, 1.807) is 0 Å². The molecule has 80 valence electrons. The van der Waals surface area contributed by atoms with Gasteiger partial charge >= 0.3 is 0 Å². The van der Waals surface area contributed by atoms with Crippen molar-refractivity contribution in [1.82, 2.24) is 0 Å². The average Bonchev–Trinajstić information content (AvgIpc) is 2.22. The van der Waals surface area contributed by atoms with Crippen molar-refractivity contribution < 1.29 is 0 Å². The van der Waals surface area contributed by atoms with Crippen LogP contribution in [0.1, 0.15) is 64.2 Å². The van der Waals surface area contributed by atoms with E-state index >= 15 is 0 Å². The molecule has 1 aliphatic carbocycles. The zero-order chi connectivity index (χ0) is 9.90. The molecule has 0 heterocycles. The van der Waals surface area contributed by atoms with Gasteiger partial charge in [0.1, 0.15) is 0 Å². The van der Waals surface area contributed by atoms with Crippen LogP contribution < -0.4 is 0 Å². The van der Waals surface area contributed by atoms with E-state index in [1.165, 1.54) is 64.2 Å². The SMILES string of the molecule is C1=C\CCCCCCCCCC/C=C/1. The molecule has 1 aliphatic rings. The molecule has 0 N–H and O–H groups in total. The molecule has 0 nitrogen and oxygen atoms in total. The number of rotatable bonds is 0. The topological polar surface area (TPSA) is 0 Å². The molecule has 0 bridgehead atoms. The number of allylic oxidation sites excluding steroid dienone is 4. The van der Waals surface area contributed by atoms with Gasteiger partial charge in [0.05, 0.1) is 0 Å². The molecule has 14 heavy (non-hydrogen) atoms. The molecule has 1 rings (SSSR count). The van der Waals surface area contributed by atoms with Crippen LogP contribution in [0.3, 0.4) is 0 Å². The van der Waals surface area contributed by atoms with Gasteiger partial charge in [0.2, 0.25) is 0 Å². The Balaban J connectivity index is 2.17. The Morgan fingerprint density at radius 2 is 0.786 bits per heavy atom. The molecule has 0 aromatic rings.